The zero-order valence-corrected chi connectivity index (χ0v) is 8.24. The van der Waals surface area contributed by atoms with Crippen LogP contribution in [-0.4, -0.2) is 13.5 Å². The molecule has 3 nitrogen and oxygen atoms in total. The lowest BCUT2D eigenvalue weighted by molar-refractivity contribution is 0.445. The number of benzene rings is 1. The second-order valence-electron chi connectivity index (χ2n) is 2.54. The predicted octanol–water partition coefficient (Wildman–Crippen LogP) is 1.74. The summed E-state index contributed by atoms with van der Waals surface area (Å²) in [6.07, 6.45) is 0. The molecule has 0 radical (unpaired) electrons. The van der Waals surface area contributed by atoms with Crippen LogP contribution in [0.2, 0.25) is 0 Å². The van der Waals surface area contributed by atoms with Crippen molar-refractivity contribution in [2.75, 3.05) is 0 Å². The fourth-order valence-electron chi connectivity index (χ4n) is 0.892. The van der Waals surface area contributed by atoms with Gasteiger partial charge in [0.05, 0.1) is 5.75 Å². The molecular weight excluding hydrogens is 238 g/mol. The molecule has 0 aliphatic heterocycles. The van der Waals surface area contributed by atoms with Crippen molar-refractivity contribution in [1.82, 2.24) is 0 Å². The third-order valence-corrected chi connectivity index (χ3v) is 2.45. The number of halogens is 3. The van der Waals surface area contributed by atoms with E-state index >= 15 is 0 Å². The highest BCUT2D eigenvalue weighted by molar-refractivity contribution is 8.13. The molecular formula is C7H5ClF2O3S. The Balaban J connectivity index is 3.27. The summed E-state index contributed by atoms with van der Waals surface area (Å²) < 4.78 is 46.7. The molecule has 0 unspecified atom stereocenters. The summed E-state index contributed by atoms with van der Waals surface area (Å²) in [6.45, 7) is 0. The molecule has 1 N–H and O–H groups in total. The summed E-state index contributed by atoms with van der Waals surface area (Å²) >= 11 is 0. The molecule has 1 aromatic carbocycles. The number of phenolic OH excluding ortho intramolecular Hbond substituents is 1. The van der Waals surface area contributed by atoms with E-state index in [2.05, 4.69) is 0 Å². The molecule has 14 heavy (non-hydrogen) atoms. The molecule has 0 fully saturated rings. The maximum Gasteiger partial charge on any atom is 0.237 e. The lowest BCUT2D eigenvalue weighted by atomic mass is 10.2. The summed E-state index contributed by atoms with van der Waals surface area (Å²) in [5.41, 5.74) is -0.667. The van der Waals surface area contributed by atoms with Gasteiger partial charge in [0, 0.05) is 16.2 Å². The van der Waals surface area contributed by atoms with Gasteiger partial charge in [-0.3, -0.25) is 0 Å². The van der Waals surface area contributed by atoms with Crippen molar-refractivity contribution >= 4 is 19.7 Å². The monoisotopic (exact) mass is 242 g/mol. The van der Waals surface area contributed by atoms with Crippen LogP contribution in [0.1, 0.15) is 5.56 Å². The maximum atomic E-state index is 12.9. The fourth-order valence-corrected chi connectivity index (χ4v) is 1.84. The van der Waals surface area contributed by atoms with E-state index < -0.39 is 37.8 Å². The van der Waals surface area contributed by atoms with Crippen LogP contribution in [0.25, 0.3) is 0 Å². The van der Waals surface area contributed by atoms with Crippen LogP contribution in [0.4, 0.5) is 8.78 Å². The lowest BCUT2D eigenvalue weighted by Gasteiger charge is -2.03. The van der Waals surface area contributed by atoms with Gasteiger partial charge in [0.2, 0.25) is 9.05 Å². The van der Waals surface area contributed by atoms with Gasteiger partial charge >= 0.3 is 0 Å². The molecule has 0 bridgehead atoms. The van der Waals surface area contributed by atoms with Gasteiger partial charge in [0.25, 0.3) is 0 Å². The maximum absolute atomic E-state index is 12.9. The summed E-state index contributed by atoms with van der Waals surface area (Å²) in [4.78, 5) is 0. The van der Waals surface area contributed by atoms with Crippen LogP contribution in [-0.2, 0) is 14.8 Å². The van der Waals surface area contributed by atoms with Crippen LogP contribution >= 0.6 is 10.7 Å². The Labute approximate surface area is 83.4 Å². The van der Waals surface area contributed by atoms with Crippen molar-refractivity contribution < 1.29 is 22.3 Å². The third kappa shape index (κ3) is 2.55. The van der Waals surface area contributed by atoms with Crippen LogP contribution in [0.5, 0.6) is 5.75 Å². The fraction of sp³-hybridized carbons (Fsp3) is 0.143. The summed E-state index contributed by atoms with van der Waals surface area (Å²) in [5.74, 6) is -4.25. The van der Waals surface area contributed by atoms with Gasteiger partial charge in [-0.2, -0.15) is 0 Å². The molecule has 0 atom stereocenters. The van der Waals surface area contributed by atoms with Crippen LogP contribution in [0.3, 0.4) is 0 Å². The molecule has 1 aromatic rings. The van der Waals surface area contributed by atoms with Crippen LogP contribution in [0.15, 0.2) is 12.1 Å². The van der Waals surface area contributed by atoms with Crippen molar-refractivity contribution in [2.24, 2.45) is 0 Å². The Bertz CT molecular complexity index is 458. The van der Waals surface area contributed by atoms with Gasteiger partial charge in [-0.25, -0.2) is 17.2 Å². The molecule has 78 valence electrons. The normalized spacial score (nSPS) is 11.6. The quantitative estimate of drug-likeness (QED) is 0.804. The first kappa shape index (κ1) is 11.2. The van der Waals surface area contributed by atoms with Crippen molar-refractivity contribution in [3.05, 3.63) is 29.3 Å². The molecule has 0 heterocycles. The topological polar surface area (TPSA) is 54.4 Å². The van der Waals surface area contributed by atoms with E-state index in [0.29, 0.717) is 6.07 Å². The second-order valence-corrected chi connectivity index (χ2v) is 5.32. The van der Waals surface area contributed by atoms with E-state index in [-0.39, 0.29) is 0 Å². The summed E-state index contributed by atoms with van der Waals surface area (Å²) in [6, 6.07) is 1.55. The number of rotatable bonds is 2. The van der Waals surface area contributed by atoms with Crippen LogP contribution < -0.4 is 0 Å². The van der Waals surface area contributed by atoms with E-state index in [9.17, 15) is 17.2 Å². The molecule has 0 aromatic heterocycles. The van der Waals surface area contributed by atoms with Crippen molar-refractivity contribution in [3.63, 3.8) is 0 Å². The Hall–Kier alpha value is -0.880. The zero-order valence-electron chi connectivity index (χ0n) is 6.67. The Morgan fingerprint density at radius 2 is 1.93 bits per heavy atom. The van der Waals surface area contributed by atoms with E-state index in [1.807, 2.05) is 0 Å². The van der Waals surface area contributed by atoms with Gasteiger partial charge in [-0.05, 0) is 12.1 Å². The van der Waals surface area contributed by atoms with Gasteiger partial charge in [-0.15, -0.1) is 0 Å². The van der Waals surface area contributed by atoms with Crippen LogP contribution in [0, 0.1) is 11.6 Å². The first-order valence-electron chi connectivity index (χ1n) is 3.39. The number of aromatic hydroxyl groups is 1. The molecule has 7 heteroatoms. The average Bonchev–Trinajstić information content (AvgIpc) is 2.04. The first-order chi connectivity index (χ1) is 6.31. The number of hydrogen-bond donors (Lipinski definition) is 1. The van der Waals surface area contributed by atoms with Gasteiger partial charge < -0.3 is 5.11 Å². The highest BCUT2D eigenvalue weighted by Crippen LogP contribution is 2.25. The highest BCUT2D eigenvalue weighted by Gasteiger charge is 2.18. The standard InChI is InChI=1S/C7H5ClF2O3S/c8-14(12,13)3-4-6(11)2-1-5(9)7(4)10/h1-2,11H,3H2. The lowest BCUT2D eigenvalue weighted by Crippen LogP contribution is -2.00. The van der Waals surface area contributed by atoms with E-state index in [0.717, 1.165) is 6.07 Å². The Morgan fingerprint density at radius 1 is 1.36 bits per heavy atom. The Morgan fingerprint density at radius 3 is 2.43 bits per heavy atom. The first-order valence-corrected chi connectivity index (χ1v) is 5.87. The van der Waals surface area contributed by atoms with E-state index in [1.165, 1.54) is 0 Å². The van der Waals surface area contributed by atoms with Gasteiger partial charge in [-0.1, -0.05) is 0 Å². The number of phenols is 1. The molecule has 0 aliphatic carbocycles. The molecule has 0 aliphatic rings. The number of hydrogen-bond acceptors (Lipinski definition) is 3. The zero-order chi connectivity index (χ0) is 10.9. The van der Waals surface area contributed by atoms with Gasteiger partial charge in [0.15, 0.2) is 11.6 Å². The molecule has 0 spiro atoms. The minimum Gasteiger partial charge on any atom is -0.508 e. The molecule has 0 saturated carbocycles. The molecule has 0 saturated heterocycles. The summed E-state index contributed by atoms with van der Waals surface area (Å²) in [5, 5.41) is 9.05. The van der Waals surface area contributed by atoms with Crippen molar-refractivity contribution in [1.29, 1.82) is 0 Å². The van der Waals surface area contributed by atoms with Crippen molar-refractivity contribution in [3.8, 4) is 5.75 Å². The molecule has 1 rings (SSSR count). The Kier molecular flexibility index (Phi) is 2.96. The minimum absolute atomic E-state index is 0.645. The summed E-state index contributed by atoms with van der Waals surface area (Å²) in [7, 11) is 0.803. The largest absolute Gasteiger partial charge is 0.508 e. The predicted molar refractivity (Wildman–Crippen MR) is 46.5 cm³/mol. The smallest absolute Gasteiger partial charge is 0.237 e. The molecule has 0 amide bonds. The highest BCUT2D eigenvalue weighted by atomic mass is 35.7. The van der Waals surface area contributed by atoms with Crippen molar-refractivity contribution in [2.45, 2.75) is 5.75 Å². The minimum atomic E-state index is -4.03. The van der Waals surface area contributed by atoms with E-state index in [4.69, 9.17) is 15.8 Å². The van der Waals surface area contributed by atoms with Gasteiger partial charge in [0.1, 0.15) is 5.75 Å². The SMILES string of the molecule is O=S(=O)(Cl)Cc1c(O)ccc(F)c1F. The van der Waals surface area contributed by atoms with E-state index in [1.54, 1.807) is 0 Å². The third-order valence-electron chi connectivity index (χ3n) is 1.49. The second kappa shape index (κ2) is 3.70. The average molecular weight is 243 g/mol.